The molecule has 122 valence electrons. The van der Waals surface area contributed by atoms with E-state index in [9.17, 15) is 9.59 Å². The highest BCUT2D eigenvalue weighted by Crippen LogP contribution is 2.33. The van der Waals surface area contributed by atoms with Gasteiger partial charge in [0.1, 0.15) is 6.04 Å². The van der Waals surface area contributed by atoms with Gasteiger partial charge in [-0.1, -0.05) is 36.4 Å². The summed E-state index contributed by atoms with van der Waals surface area (Å²) in [6, 6.07) is 14.2. The Labute approximate surface area is 139 Å². The molecule has 2 aromatic carbocycles. The van der Waals surface area contributed by atoms with Gasteiger partial charge in [-0.3, -0.25) is 9.69 Å². The standard InChI is InChI=1S/C18H16N2O4/c21-17-14(8-12-4-2-1-3-5-12)19-18(22)20(17)10-13-6-7-15-16(9-13)24-11-23-15/h1-7,9,14H,8,10-11H2,(H,19,22)/t14-/m0/s1. The summed E-state index contributed by atoms with van der Waals surface area (Å²) < 4.78 is 10.6. The number of ether oxygens (including phenoxy) is 2. The zero-order chi connectivity index (χ0) is 16.5. The second kappa shape index (κ2) is 5.88. The highest BCUT2D eigenvalue weighted by Gasteiger charge is 2.37. The number of fused-ring (bicyclic) bond motifs is 1. The van der Waals surface area contributed by atoms with E-state index in [1.54, 1.807) is 12.1 Å². The first-order chi connectivity index (χ1) is 11.7. The van der Waals surface area contributed by atoms with E-state index in [2.05, 4.69) is 5.32 Å². The third kappa shape index (κ3) is 2.67. The summed E-state index contributed by atoms with van der Waals surface area (Å²) in [4.78, 5) is 25.9. The molecule has 3 amide bonds. The van der Waals surface area contributed by atoms with Crippen molar-refractivity contribution < 1.29 is 19.1 Å². The Morgan fingerprint density at radius 2 is 1.79 bits per heavy atom. The third-order valence-corrected chi connectivity index (χ3v) is 4.17. The normalized spacial score (nSPS) is 18.8. The van der Waals surface area contributed by atoms with Crippen molar-refractivity contribution in [1.82, 2.24) is 10.2 Å². The lowest BCUT2D eigenvalue weighted by molar-refractivity contribution is -0.127. The predicted octanol–water partition coefficient (Wildman–Crippen LogP) is 2.08. The quantitative estimate of drug-likeness (QED) is 0.875. The van der Waals surface area contributed by atoms with Crippen LogP contribution in [0.3, 0.4) is 0 Å². The fourth-order valence-corrected chi connectivity index (χ4v) is 2.94. The molecule has 0 radical (unpaired) electrons. The minimum Gasteiger partial charge on any atom is -0.454 e. The minimum atomic E-state index is -0.520. The maximum Gasteiger partial charge on any atom is 0.325 e. The Balaban J connectivity index is 1.47. The van der Waals surface area contributed by atoms with Gasteiger partial charge < -0.3 is 14.8 Å². The van der Waals surface area contributed by atoms with E-state index >= 15 is 0 Å². The molecular weight excluding hydrogens is 308 g/mol. The molecule has 1 atom stereocenters. The van der Waals surface area contributed by atoms with Crippen LogP contribution in [0.4, 0.5) is 4.79 Å². The fraction of sp³-hybridized carbons (Fsp3) is 0.222. The summed E-state index contributed by atoms with van der Waals surface area (Å²) in [7, 11) is 0. The number of imide groups is 1. The Bertz CT molecular complexity index is 791. The van der Waals surface area contributed by atoms with Gasteiger partial charge in [0.25, 0.3) is 5.91 Å². The molecule has 2 aliphatic heterocycles. The summed E-state index contributed by atoms with van der Waals surface area (Å²) in [6.45, 7) is 0.410. The highest BCUT2D eigenvalue weighted by molar-refractivity contribution is 6.04. The van der Waals surface area contributed by atoms with Crippen LogP contribution in [0.15, 0.2) is 48.5 Å². The SMILES string of the molecule is O=C1N[C@@H](Cc2ccccc2)C(=O)N1Cc1ccc2c(c1)OCO2. The molecule has 0 bridgehead atoms. The van der Waals surface area contributed by atoms with Crippen molar-refractivity contribution in [3.63, 3.8) is 0 Å². The highest BCUT2D eigenvalue weighted by atomic mass is 16.7. The first kappa shape index (κ1) is 14.6. The van der Waals surface area contributed by atoms with Crippen molar-refractivity contribution >= 4 is 11.9 Å². The molecule has 0 unspecified atom stereocenters. The third-order valence-electron chi connectivity index (χ3n) is 4.17. The van der Waals surface area contributed by atoms with Crippen LogP contribution < -0.4 is 14.8 Å². The zero-order valence-electron chi connectivity index (χ0n) is 12.9. The molecule has 2 aromatic rings. The molecule has 1 fully saturated rings. The van der Waals surface area contributed by atoms with Crippen LogP contribution in [-0.2, 0) is 17.8 Å². The second-order valence-electron chi connectivity index (χ2n) is 5.80. The molecule has 0 spiro atoms. The van der Waals surface area contributed by atoms with E-state index in [1.165, 1.54) is 4.90 Å². The summed E-state index contributed by atoms with van der Waals surface area (Å²) >= 11 is 0. The van der Waals surface area contributed by atoms with Crippen LogP contribution in [0.2, 0.25) is 0 Å². The Morgan fingerprint density at radius 3 is 2.62 bits per heavy atom. The van der Waals surface area contributed by atoms with Crippen LogP contribution in [0.5, 0.6) is 11.5 Å². The first-order valence-electron chi connectivity index (χ1n) is 7.75. The van der Waals surface area contributed by atoms with Crippen LogP contribution >= 0.6 is 0 Å². The van der Waals surface area contributed by atoms with Crippen LogP contribution in [0, 0.1) is 0 Å². The number of rotatable bonds is 4. The van der Waals surface area contributed by atoms with Crippen LogP contribution in [0.25, 0.3) is 0 Å². The summed E-state index contributed by atoms with van der Waals surface area (Å²) in [5.74, 6) is 1.11. The number of carbonyl (C=O) groups excluding carboxylic acids is 2. The fourth-order valence-electron chi connectivity index (χ4n) is 2.94. The van der Waals surface area contributed by atoms with Crippen molar-refractivity contribution in [1.29, 1.82) is 0 Å². The number of amides is 3. The number of hydrogen-bond acceptors (Lipinski definition) is 4. The average molecular weight is 324 g/mol. The zero-order valence-corrected chi connectivity index (χ0v) is 12.9. The molecule has 1 saturated heterocycles. The van der Waals surface area contributed by atoms with Gasteiger partial charge >= 0.3 is 6.03 Å². The monoisotopic (exact) mass is 324 g/mol. The molecule has 0 aliphatic carbocycles. The van der Waals surface area contributed by atoms with Gasteiger partial charge in [0, 0.05) is 6.42 Å². The van der Waals surface area contributed by atoms with Crippen LogP contribution in [-0.4, -0.2) is 29.7 Å². The molecular formula is C18H16N2O4. The number of urea groups is 1. The minimum absolute atomic E-state index is 0.196. The summed E-state index contributed by atoms with van der Waals surface area (Å²) in [6.07, 6.45) is 0.489. The first-order valence-corrected chi connectivity index (χ1v) is 7.75. The van der Waals surface area contributed by atoms with Gasteiger partial charge in [-0.05, 0) is 23.3 Å². The number of benzene rings is 2. The Morgan fingerprint density at radius 1 is 1.00 bits per heavy atom. The van der Waals surface area contributed by atoms with Crippen molar-refractivity contribution in [3.05, 3.63) is 59.7 Å². The molecule has 1 N–H and O–H groups in total. The summed E-state index contributed by atoms with van der Waals surface area (Å²) in [5, 5.41) is 2.76. The van der Waals surface area contributed by atoms with Crippen molar-refractivity contribution in [2.75, 3.05) is 6.79 Å². The van der Waals surface area contributed by atoms with Gasteiger partial charge in [-0.15, -0.1) is 0 Å². The molecule has 2 heterocycles. The Kier molecular flexibility index (Phi) is 3.57. The largest absolute Gasteiger partial charge is 0.454 e. The number of carbonyl (C=O) groups is 2. The van der Waals surface area contributed by atoms with E-state index in [-0.39, 0.29) is 25.3 Å². The van der Waals surface area contributed by atoms with Gasteiger partial charge in [0.05, 0.1) is 6.54 Å². The summed E-state index contributed by atoms with van der Waals surface area (Å²) in [5.41, 5.74) is 1.84. The molecule has 0 saturated carbocycles. The maximum absolute atomic E-state index is 12.5. The van der Waals surface area contributed by atoms with E-state index in [4.69, 9.17) is 9.47 Å². The smallest absolute Gasteiger partial charge is 0.325 e. The molecule has 2 aliphatic rings. The second-order valence-corrected chi connectivity index (χ2v) is 5.80. The van der Waals surface area contributed by atoms with Gasteiger partial charge in [0.2, 0.25) is 6.79 Å². The van der Waals surface area contributed by atoms with E-state index < -0.39 is 6.04 Å². The average Bonchev–Trinajstić information content (AvgIpc) is 3.16. The molecule has 6 heteroatoms. The molecule has 24 heavy (non-hydrogen) atoms. The number of nitrogens with zero attached hydrogens (tertiary/aromatic N) is 1. The van der Waals surface area contributed by atoms with E-state index in [0.717, 1.165) is 11.1 Å². The maximum atomic E-state index is 12.5. The lowest BCUT2D eigenvalue weighted by Crippen LogP contribution is -2.32. The molecule has 0 aromatic heterocycles. The Hall–Kier alpha value is -3.02. The number of nitrogens with one attached hydrogen (secondary N) is 1. The van der Waals surface area contributed by atoms with Crippen molar-refractivity contribution in [2.24, 2.45) is 0 Å². The lowest BCUT2D eigenvalue weighted by Gasteiger charge is -2.13. The van der Waals surface area contributed by atoms with Gasteiger partial charge in [-0.25, -0.2) is 4.79 Å². The van der Waals surface area contributed by atoms with E-state index in [0.29, 0.717) is 17.9 Å². The predicted molar refractivity (Wildman–Crippen MR) is 85.6 cm³/mol. The van der Waals surface area contributed by atoms with Gasteiger partial charge in [0.15, 0.2) is 11.5 Å². The van der Waals surface area contributed by atoms with Gasteiger partial charge in [-0.2, -0.15) is 0 Å². The lowest BCUT2D eigenvalue weighted by atomic mass is 10.1. The topological polar surface area (TPSA) is 67.9 Å². The van der Waals surface area contributed by atoms with Crippen molar-refractivity contribution in [3.8, 4) is 11.5 Å². The number of hydrogen-bond donors (Lipinski definition) is 1. The molecule has 6 nitrogen and oxygen atoms in total. The molecule has 4 rings (SSSR count). The van der Waals surface area contributed by atoms with Crippen LogP contribution in [0.1, 0.15) is 11.1 Å². The van der Waals surface area contributed by atoms with Crippen molar-refractivity contribution in [2.45, 2.75) is 19.0 Å². The van der Waals surface area contributed by atoms with E-state index in [1.807, 2.05) is 36.4 Å².